The predicted octanol–water partition coefficient (Wildman–Crippen LogP) is 8.52. The number of aryl methyl sites for hydroxylation is 1. The molecule has 4 aliphatic carbocycles. The number of ether oxygens (including phenoxy) is 1. The van der Waals surface area contributed by atoms with Crippen LogP contribution in [0.5, 0.6) is 5.75 Å². The summed E-state index contributed by atoms with van der Waals surface area (Å²) in [6.45, 7) is 8.87. The first-order chi connectivity index (χ1) is 23.5. The van der Waals surface area contributed by atoms with Gasteiger partial charge >= 0.3 is 8.32 Å². The van der Waals surface area contributed by atoms with Crippen molar-refractivity contribution < 1.29 is 21.8 Å². The number of hydrogen-bond acceptors (Lipinski definition) is 5. The molecule has 5 nitrogen and oxygen atoms in total. The Hall–Kier alpha value is -3.65. The van der Waals surface area contributed by atoms with E-state index in [0.29, 0.717) is 11.8 Å². The van der Waals surface area contributed by atoms with E-state index in [1.54, 1.807) is 24.3 Å². The summed E-state index contributed by atoms with van der Waals surface area (Å²) >= 11 is 0. The fraction of sp³-hybridized carbons (Fsp3) is 0.381. The van der Waals surface area contributed by atoms with Gasteiger partial charge in [-0.15, -0.1) is 0 Å². The molecule has 0 spiro atoms. The standard InChI is InChI=1S/C42H48O5SSi/c1-30-18-20-37(21-19-30)48(43,44)46-23-22-45-41(40-34-25-31-24-32(27-34)28-35(40)26-31)33-12-11-13-36(29-33)47-49(42(2,3)4,38-14-7-5-8-15-38)39-16-9-6-10-17-39/h5-21,29,31-32,34-35H,22-28H2,1-4H3. The van der Waals surface area contributed by atoms with E-state index in [1.165, 1.54) is 48.1 Å². The van der Waals surface area contributed by atoms with Crippen LogP contribution in [0, 0.1) is 30.6 Å². The van der Waals surface area contributed by atoms with E-state index >= 15 is 0 Å². The van der Waals surface area contributed by atoms with Gasteiger partial charge < -0.3 is 9.16 Å². The lowest BCUT2D eigenvalue weighted by molar-refractivity contribution is 0.0658. The molecule has 0 amide bonds. The van der Waals surface area contributed by atoms with Gasteiger partial charge in [-0.3, -0.25) is 4.18 Å². The van der Waals surface area contributed by atoms with Gasteiger partial charge in [0.05, 0.1) is 4.90 Å². The van der Waals surface area contributed by atoms with Gasteiger partial charge in [0.1, 0.15) is 24.7 Å². The van der Waals surface area contributed by atoms with Crippen LogP contribution in [0.1, 0.15) is 64.0 Å². The zero-order valence-electron chi connectivity index (χ0n) is 29.1. The summed E-state index contributed by atoms with van der Waals surface area (Å²) in [4.78, 5) is 0.158. The van der Waals surface area contributed by atoms with E-state index in [1.807, 2.05) is 6.92 Å². The van der Waals surface area contributed by atoms with Crippen LogP contribution >= 0.6 is 0 Å². The van der Waals surface area contributed by atoms with E-state index in [2.05, 4.69) is 106 Å². The van der Waals surface area contributed by atoms with Gasteiger partial charge in [0.15, 0.2) is 0 Å². The Morgan fingerprint density at radius 1 is 0.714 bits per heavy atom. The van der Waals surface area contributed by atoms with E-state index in [-0.39, 0.29) is 23.1 Å². The lowest BCUT2D eigenvalue weighted by atomic mass is 9.54. The Morgan fingerprint density at radius 2 is 1.29 bits per heavy atom. The van der Waals surface area contributed by atoms with Crippen LogP contribution < -0.4 is 14.8 Å². The number of rotatable bonds is 11. The van der Waals surface area contributed by atoms with Crippen molar-refractivity contribution in [2.75, 3.05) is 13.2 Å². The third kappa shape index (κ3) is 6.77. The van der Waals surface area contributed by atoms with Crippen LogP contribution in [0.4, 0.5) is 0 Å². The Kier molecular flexibility index (Phi) is 9.37. The van der Waals surface area contributed by atoms with Crippen LogP contribution in [0.25, 0.3) is 5.76 Å². The molecule has 7 heteroatoms. The minimum Gasteiger partial charge on any atom is -0.534 e. The van der Waals surface area contributed by atoms with E-state index in [9.17, 15) is 8.42 Å². The summed E-state index contributed by atoms with van der Waals surface area (Å²) in [6, 6.07) is 36.5. The first-order valence-electron chi connectivity index (χ1n) is 17.8. The summed E-state index contributed by atoms with van der Waals surface area (Å²) in [5, 5.41) is 2.27. The average Bonchev–Trinajstić information content (AvgIpc) is 3.08. The predicted molar refractivity (Wildman–Crippen MR) is 199 cm³/mol. The van der Waals surface area contributed by atoms with Crippen molar-refractivity contribution in [2.24, 2.45) is 23.7 Å². The molecule has 0 heterocycles. The van der Waals surface area contributed by atoms with Crippen molar-refractivity contribution in [1.29, 1.82) is 0 Å². The zero-order valence-corrected chi connectivity index (χ0v) is 30.9. The number of allylic oxidation sites excluding steroid dienone is 1. The Balaban J connectivity index is 1.23. The molecule has 0 radical (unpaired) electrons. The molecule has 8 rings (SSSR count). The fourth-order valence-electron chi connectivity index (χ4n) is 8.98. The molecular formula is C42H48O5SSi. The SMILES string of the molecule is Cc1ccc(S(=O)(=O)OCCOC(=C2C3CC4CC(C3)CC2C4)c2cccc(O[Si](c3ccccc3)(c3ccccc3)C(C)(C)C)c2)cc1. The molecule has 0 aromatic heterocycles. The molecule has 4 aromatic carbocycles. The molecule has 4 bridgehead atoms. The number of benzene rings is 4. The highest BCUT2D eigenvalue weighted by Crippen LogP contribution is 2.58. The summed E-state index contributed by atoms with van der Waals surface area (Å²) < 4.78 is 45.5. The monoisotopic (exact) mass is 692 g/mol. The van der Waals surface area contributed by atoms with Gasteiger partial charge in [0.2, 0.25) is 0 Å². The Bertz CT molecular complexity index is 1830. The Morgan fingerprint density at radius 3 is 1.84 bits per heavy atom. The maximum absolute atomic E-state index is 13.0. The third-order valence-corrected chi connectivity index (χ3v) is 17.2. The van der Waals surface area contributed by atoms with Crippen LogP contribution in [-0.4, -0.2) is 29.9 Å². The smallest absolute Gasteiger partial charge is 0.319 e. The topological polar surface area (TPSA) is 61.8 Å². The van der Waals surface area contributed by atoms with Crippen LogP contribution in [0.2, 0.25) is 5.04 Å². The second-order valence-corrected chi connectivity index (χ2v) is 21.2. The largest absolute Gasteiger partial charge is 0.534 e. The zero-order chi connectivity index (χ0) is 34.2. The minimum absolute atomic E-state index is 0.0637. The van der Waals surface area contributed by atoms with E-state index < -0.39 is 18.4 Å². The van der Waals surface area contributed by atoms with Crippen molar-refractivity contribution in [3.05, 3.63) is 126 Å². The summed E-state index contributed by atoms with van der Waals surface area (Å²) in [5.74, 6) is 4.32. The maximum atomic E-state index is 13.0. The molecule has 4 aliphatic rings. The molecular weight excluding hydrogens is 645 g/mol. The molecule has 4 fully saturated rings. The van der Waals surface area contributed by atoms with Crippen molar-refractivity contribution >= 4 is 34.6 Å². The molecule has 0 unspecified atom stereocenters. The van der Waals surface area contributed by atoms with Crippen molar-refractivity contribution in [3.8, 4) is 5.75 Å². The normalized spacial score (nSPS) is 21.8. The summed E-state index contributed by atoms with van der Waals surface area (Å²) in [7, 11) is -6.73. The average molecular weight is 693 g/mol. The van der Waals surface area contributed by atoms with Gasteiger partial charge in [-0.05, 0) is 108 Å². The lowest BCUT2D eigenvalue weighted by Crippen LogP contribution is -2.68. The second kappa shape index (κ2) is 13.6. The fourth-order valence-corrected chi connectivity index (χ4v) is 14.3. The number of hydrogen-bond donors (Lipinski definition) is 0. The molecule has 49 heavy (non-hydrogen) atoms. The van der Waals surface area contributed by atoms with Gasteiger partial charge in [-0.25, -0.2) is 0 Å². The highest BCUT2D eigenvalue weighted by atomic mass is 32.2. The van der Waals surface area contributed by atoms with Gasteiger partial charge in [0.25, 0.3) is 10.1 Å². The van der Waals surface area contributed by atoms with Crippen LogP contribution in [0.15, 0.2) is 120 Å². The summed E-state index contributed by atoms with van der Waals surface area (Å²) in [6.07, 6.45) is 6.22. The lowest BCUT2D eigenvalue weighted by Gasteiger charge is -2.51. The van der Waals surface area contributed by atoms with Crippen molar-refractivity contribution in [1.82, 2.24) is 0 Å². The maximum Gasteiger partial charge on any atom is 0.319 e. The highest BCUT2D eigenvalue weighted by molar-refractivity contribution is 7.86. The van der Waals surface area contributed by atoms with Gasteiger partial charge in [-0.1, -0.05) is 111 Å². The first-order valence-corrected chi connectivity index (χ1v) is 21.1. The van der Waals surface area contributed by atoms with Gasteiger partial charge in [-0.2, -0.15) is 8.42 Å². The summed E-state index contributed by atoms with van der Waals surface area (Å²) in [5.41, 5.74) is 3.39. The molecule has 4 saturated carbocycles. The molecule has 0 saturated heterocycles. The third-order valence-electron chi connectivity index (χ3n) is 10.9. The molecule has 0 aliphatic heterocycles. The van der Waals surface area contributed by atoms with Crippen molar-refractivity contribution in [3.63, 3.8) is 0 Å². The Labute approximate surface area is 293 Å². The highest BCUT2D eigenvalue weighted by Gasteiger charge is 2.52. The quantitative estimate of drug-likeness (QED) is 0.0683. The van der Waals surface area contributed by atoms with E-state index in [4.69, 9.17) is 13.3 Å². The molecule has 4 aromatic rings. The molecule has 0 N–H and O–H groups in total. The first kappa shape index (κ1) is 33.8. The minimum atomic E-state index is -3.89. The molecule has 256 valence electrons. The van der Waals surface area contributed by atoms with E-state index in [0.717, 1.165) is 34.5 Å². The molecule has 0 atom stereocenters. The second-order valence-electron chi connectivity index (χ2n) is 15.3. The van der Waals surface area contributed by atoms with Crippen molar-refractivity contribution in [2.45, 2.75) is 69.7 Å². The van der Waals surface area contributed by atoms with Crippen LogP contribution in [0.3, 0.4) is 0 Å². The van der Waals surface area contributed by atoms with Gasteiger partial charge in [0, 0.05) is 5.56 Å². The van der Waals surface area contributed by atoms with Crippen LogP contribution in [-0.2, 0) is 19.0 Å².